The minimum Gasteiger partial charge on any atom is -0.487 e. The van der Waals surface area contributed by atoms with Crippen molar-refractivity contribution < 1.29 is 4.74 Å². The highest BCUT2D eigenvalue weighted by atomic mass is 35.5. The minimum absolute atomic E-state index is 0.105. The smallest absolute Gasteiger partial charge is 0.143 e. The fraction of sp³-hybridized carbons (Fsp3) is 0.250. The second kappa shape index (κ2) is 6.09. The molecule has 2 aromatic rings. The minimum atomic E-state index is -0.105. The van der Waals surface area contributed by atoms with Crippen LogP contribution in [-0.4, -0.2) is 0 Å². The van der Waals surface area contributed by atoms with Gasteiger partial charge < -0.3 is 10.5 Å². The maximum absolute atomic E-state index is 6.18. The highest BCUT2D eigenvalue weighted by molar-refractivity contribution is 6.32. The Morgan fingerprint density at radius 1 is 1.16 bits per heavy atom. The summed E-state index contributed by atoms with van der Waals surface area (Å²) in [7, 11) is 0. The Hall–Kier alpha value is -1.51. The molecule has 0 saturated carbocycles. The van der Waals surface area contributed by atoms with E-state index in [1.165, 1.54) is 5.56 Å². The van der Waals surface area contributed by atoms with Gasteiger partial charge in [-0.25, -0.2) is 0 Å². The molecule has 0 aromatic heterocycles. The molecule has 1 unspecified atom stereocenters. The number of aryl methyl sites for hydroxylation is 1. The van der Waals surface area contributed by atoms with E-state index in [0.29, 0.717) is 17.4 Å². The van der Waals surface area contributed by atoms with Gasteiger partial charge in [0.25, 0.3) is 0 Å². The molecule has 19 heavy (non-hydrogen) atoms. The van der Waals surface area contributed by atoms with Gasteiger partial charge in [-0.3, -0.25) is 0 Å². The molecular weight excluding hydrogens is 258 g/mol. The topological polar surface area (TPSA) is 35.2 Å². The standard InChI is InChI=1S/C16H18ClNO/c1-11-6-8-13(9-7-11)10-19-16-14(12(2)18)4-3-5-15(16)17/h3-9,12H,10,18H2,1-2H3. The number of rotatable bonds is 4. The van der Waals surface area contributed by atoms with Gasteiger partial charge in [0.1, 0.15) is 12.4 Å². The summed E-state index contributed by atoms with van der Waals surface area (Å²) in [6.07, 6.45) is 0. The average molecular weight is 276 g/mol. The molecule has 0 aliphatic heterocycles. The summed E-state index contributed by atoms with van der Waals surface area (Å²) in [5.41, 5.74) is 9.21. The number of hydrogen-bond donors (Lipinski definition) is 1. The summed E-state index contributed by atoms with van der Waals surface area (Å²) >= 11 is 6.18. The molecule has 100 valence electrons. The highest BCUT2D eigenvalue weighted by Gasteiger charge is 2.11. The van der Waals surface area contributed by atoms with Crippen LogP contribution in [0.2, 0.25) is 5.02 Å². The number of ether oxygens (including phenoxy) is 1. The normalized spacial score (nSPS) is 12.2. The quantitative estimate of drug-likeness (QED) is 0.905. The van der Waals surface area contributed by atoms with E-state index in [0.717, 1.165) is 11.1 Å². The molecule has 0 amide bonds. The lowest BCUT2D eigenvalue weighted by Crippen LogP contribution is -2.08. The lowest BCUT2D eigenvalue weighted by atomic mass is 10.1. The van der Waals surface area contributed by atoms with Crippen LogP contribution in [0.4, 0.5) is 0 Å². The summed E-state index contributed by atoms with van der Waals surface area (Å²) in [4.78, 5) is 0. The summed E-state index contributed by atoms with van der Waals surface area (Å²) in [5, 5.41) is 0.599. The van der Waals surface area contributed by atoms with Gasteiger partial charge in [0.15, 0.2) is 0 Å². The van der Waals surface area contributed by atoms with Crippen molar-refractivity contribution in [2.45, 2.75) is 26.5 Å². The van der Waals surface area contributed by atoms with E-state index in [2.05, 4.69) is 31.2 Å². The van der Waals surface area contributed by atoms with E-state index in [1.807, 2.05) is 25.1 Å². The molecular formula is C16H18ClNO. The van der Waals surface area contributed by atoms with E-state index < -0.39 is 0 Å². The highest BCUT2D eigenvalue weighted by Crippen LogP contribution is 2.32. The first-order valence-electron chi connectivity index (χ1n) is 6.30. The molecule has 3 heteroatoms. The Balaban J connectivity index is 2.17. The molecule has 0 heterocycles. The summed E-state index contributed by atoms with van der Waals surface area (Å²) < 4.78 is 5.84. The summed E-state index contributed by atoms with van der Waals surface area (Å²) in [5.74, 6) is 0.680. The second-order valence-electron chi connectivity index (χ2n) is 4.72. The van der Waals surface area contributed by atoms with Crippen molar-refractivity contribution in [3.05, 3.63) is 64.2 Å². The first kappa shape index (κ1) is 13.9. The van der Waals surface area contributed by atoms with Crippen LogP contribution >= 0.6 is 11.6 Å². The second-order valence-corrected chi connectivity index (χ2v) is 5.13. The Morgan fingerprint density at radius 2 is 1.84 bits per heavy atom. The third-order valence-electron chi connectivity index (χ3n) is 2.99. The monoisotopic (exact) mass is 275 g/mol. The SMILES string of the molecule is Cc1ccc(COc2c(Cl)cccc2C(C)N)cc1. The Morgan fingerprint density at radius 3 is 2.47 bits per heavy atom. The van der Waals surface area contributed by atoms with Crippen LogP contribution in [0.3, 0.4) is 0 Å². The van der Waals surface area contributed by atoms with Crippen molar-refractivity contribution in [3.63, 3.8) is 0 Å². The summed E-state index contributed by atoms with van der Waals surface area (Å²) in [6.45, 7) is 4.47. The van der Waals surface area contributed by atoms with Gasteiger partial charge in [-0.15, -0.1) is 0 Å². The van der Waals surface area contributed by atoms with E-state index in [9.17, 15) is 0 Å². The first-order chi connectivity index (χ1) is 9.08. The van der Waals surface area contributed by atoms with E-state index >= 15 is 0 Å². The number of hydrogen-bond acceptors (Lipinski definition) is 2. The Labute approximate surface area is 119 Å². The van der Waals surface area contributed by atoms with Crippen LogP contribution in [0.15, 0.2) is 42.5 Å². The van der Waals surface area contributed by atoms with E-state index in [1.54, 1.807) is 0 Å². The fourth-order valence-corrected chi connectivity index (χ4v) is 2.11. The maximum Gasteiger partial charge on any atom is 0.143 e. The van der Waals surface area contributed by atoms with Gasteiger partial charge in [-0.1, -0.05) is 53.6 Å². The fourth-order valence-electron chi connectivity index (χ4n) is 1.88. The molecule has 0 fully saturated rings. The van der Waals surface area contributed by atoms with Gasteiger partial charge in [0.05, 0.1) is 5.02 Å². The van der Waals surface area contributed by atoms with Crippen LogP contribution in [0.1, 0.15) is 29.7 Å². The lowest BCUT2D eigenvalue weighted by molar-refractivity contribution is 0.301. The van der Waals surface area contributed by atoms with Gasteiger partial charge >= 0.3 is 0 Å². The zero-order valence-corrected chi connectivity index (χ0v) is 11.9. The molecule has 0 aliphatic rings. The molecule has 0 radical (unpaired) electrons. The number of benzene rings is 2. The number of nitrogens with two attached hydrogens (primary N) is 1. The number of para-hydroxylation sites is 1. The van der Waals surface area contributed by atoms with Gasteiger partial charge in [-0.2, -0.15) is 0 Å². The average Bonchev–Trinajstić information content (AvgIpc) is 2.39. The van der Waals surface area contributed by atoms with Crippen LogP contribution in [-0.2, 0) is 6.61 Å². The lowest BCUT2D eigenvalue weighted by Gasteiger charge is -2.15. The predicted octanol–water partition coefficient (Wildman–Crippen LogP) is 4.25. The predicted molar refractivity (Wildman–Crippen MR) is 79.6 cm³/mol. The maximum atomic E-state index is 6.18. The largest absolute Gasteiger partial charge is 0.487 e. The molecule has 2 nitrogen and oxygen atoms in total. The van der Waals surface area contributed by atoms with Crippen molar-refractivity contribution in [3.8, 4) is 5.75 Å². The summed E-state index contributed by atoms with van der Waals surface area (Å²) in [6, 6.07) is 13.8. The van der Waals surface area contributed by atoms with Crippen molar-refractivity contribution in [1.29, 1.82) is 0 Å². The van der Waals surface area contributed by atoms with Gasteiger partial charge in [0, 0.05) is 11.6 Å². The zero-order chi connectivity index (χ0) is 13.8. The zero-order valence-electron chi connectivity index (χ0n) is 11.2. The molecule has 0 aliphatic carbocycles. The molecule has 2 N–H and O–H groups in total. The van der Waals surface area contributed by atoms with Crippen molar-refractivity contribution >= 4 is 11.6 Å². The molecule has 2 aromatic carbocycles. The third kappa shape index (κ3) is 3.49. The third-order valence-corrected chi connectivity index (χ3v) is 3.29. The molecule has 2 rings (SSSR count). The van der Waals surface area contributed by atoms with E-state index in [-0.39, 0.29) is 6.04 Å². The van der Waals surface area contributed by atoms with Crippen LogP contribution in [0.5, 0.6) is 5.75 Å². The van der Waals surface area contributed by atoms with Crippen LogP contribution in [0.25, 0.3) is 0 Å². The molecule has 0 bridgehead atoms. The molecule has 0 saturated heterocycles. The first-order valence-corrected chi connectivity index (χ1v) is 6.68. The Bertz CT molecular complexity index is 549. The van der Waals surface area contributed by atoms with Gasteiger partial charge in [-0.05, 0) is 25.5 Å². The van der Waals surface area contributed by atoms with Crippen molar-refractivity contribution in [1.82, 2.24) is 0 Å². The molecule has 0 spiro atoms. The molecule has 1 atom stereocenters. The van der Waals surface area contributed by atoms with Crippen LogP contribution in [0, 0.1) is 6.92 Å². The van der Waals surface area contributed by atoms with Gasteiger partial charge in [0.2, 0.25) is 0 Å². The van der Waals surface area contributed by atoms with E-state index in [4.69, 9.17) is 22.1 Å². The number of halogens is 1. The Kier molecular flexibility index (Phi) is 4.46. The van der Waals surface area contributed by atoms with Crippen molar-refractivity contribution in [2.24, 2.45) is 5.73 Å². The van der Waals surface area contributed by atoms with Crippen LogP contribution < -0.4 is 10.5 Å². The van der Waals surface area contributed by atoms with Crippen molar-refractivity contribution in [2.75, 3.05) is 0 Å².